The average molecular weight is 447 g/mol. The van der Waals surface area contributed by atoms with Gasteiger partial charge in [0.05, 0.1) is 15.8 Å². The van der Waals surface area contributed by atoms with Crippen molar-refractivity contribution in [3.8, 4) is 6.01 Å². The van der Waals surface area contributed by atoms with Crippen LogP contribution in [0.1, 0.15) is 23.8 Å². The van der Waals surface area contributed by atoms with E-state index in [4.69, 9.17) is 9.47 Å². The Labute approximate surface area is 169 Å². The van der Waals surface area contributed by atoms with Gasteiger partial charge in [-0.1, -0.05) is 0 Å². The van der Waals surface area contributed by atoms with Gasteiger partial charge in [0, 0.05) is 25.6 Å². The first-order valence-corrected chi connectivity index (χ1v) is 11.6. The van der Waals surface area contributed by atoms with Gasteiger partial charge in [0.15, 0.2) is 5.85 Å². The van der Waals surface area contributed by atoms with Gasteiger partial charge in [-0.2, -0.15) is 9.97 Å². The van der Waals surface area contributed by atoms with Crippen molar-refractivity contribution in [1.29, 1.82) is 0 Å². The van der Waals surface area contributed by atoms with Crippen LogP contribution in [0.4, 0.5) is 5.82 Å². The van der Waals surface area contributed by atoms with Gasteiger partial charge in [-0.15, -0.1) is 11.3 Å². The molecule has 0 radical (unpaired) electrons. The number of nitrogens with zero attached hydrogens (tertiary/aromatic N) is 3. The highest BCUT2D eigenvalue weighted by molar-refractivity contribution is 7.52. The number of hydrogen-bond donors (Lipinski definition) is 5. The molecule has 1 unspecified atom stereocenters. The lowest BCUT2D eigenvalue weighted by Crippen LogP contribution is -2.39. The Morgan fingerprint density at radius 3 is 2.59 bits per heavy atom. The van der Waals surface area contributed by atoms with E-state index in [0.29, 0.717) is 21.6 Å². The Kier molecular flexibility index (Phi) is 5.55. The number of aromatic hydroxyl groups is 1. The summed E-state index contributed by atoms with van der Waals surface area (Å²) in [7, 11) is -3.67. The van der Waals surface area contributed by atoms with E-state index < -0.39 is 43.9 Å². The molecule has 29 heavy (non-hydrogen) atoms. The van der Waals surface area contributed by atoms with E-state index in [1.54, 1.807) is 5.38 Å². The second kappa shape index (κ2) is 7.71. The third-order valence-electron chi connectivity index (χ3n) is 5.27. The van der Waals surface area contributed by atoms with Crippen molar-refractivity contribution in [3.63, 3.8) is 0 Å². The third-order valence-corrected chi connectivity index (χ3v) is 7.47. The van der Waals surface area contributed by atoms with Crippen molar-refractivity contribution >= 4 is 35.7 Å². The average Bonchev–Trinajstić information content (AvgIpc) is 3.37. The molecule has 11 nitrogen and oxygen atoms in total. The highest BCUT2D eigenvalue weighted by atomic mass is 32.1. The number of anilines is 1. The predicted octanol–water partition coefficient (Wildman–Crippen LogP) is 0.309. The first-order chi connectivity index (χ1) is 13.7. The molecule has 2 saturated heterocycles. The van der Waals surface area contributed by atoms with Gasteiger partial charge >= 0.3 is 13.6 Å². The molecule has 2 fully saturated rings. The number of ether oxygens (including phenoxy) is 2. The van der Waals surface area contributed by atoms with Crippen LogP contribution >= 0.6 is 18.9 Å². The van der Waals surface area contributed by atoms with Crippen LogP contribution in [-0.2, 0) is 14.0 Å². The first-order valence-electron chi connectivity index (χ1n) is 9.05. The summed E-state index contributed by atoms with van der Waals surface area (Å²) in [5, 5.41) is 33.4. The molecule has 0 bridgehead atoms. The van der Waals surface area contributed by atoms with Gasteiger partial charge in [0.2, 0.25) is 0 Å². The minimum atomic E-state index is -4.76. The Bertz CT molecular complexity index is 946. The summed E-state index contributed by atoms with van der Waals surface area (Å²) >= 11 is 1.21. The lowest BCUT2D eigenvalue weighted by molar-refractivity contribution is -0.0572. The number of aliphatic hydroxyl groups excluding tert-OH is 2. The van der Waals surface area contributed by atoms with E-state index in [1.807, 2.05) is 4.90 Å². The number of aliphatic hydroxyl groups is 2. The monoisotopic (exact) mass is 447 g/mol. The van der Waals surface area contributed by atoms with Crippen molar-refractivity contribution in [2.75, 3.05) is 25.1 Å². The molecule has 2 aromatic rings. The summed E-state index contributed by atoms with van der Waals surface area (Å²) in [6, 6.07) is -0.423. The SMILES string of the molecule is COC([C@@H]1O[C@@H](c2scc3c(N4CCCC4)nc(O)nc23)[C@H](O)[C@@H]1O)P(=O)(O)O. The lowest BCUT2D eigenvalue weighted by atomic mass is 10.1. The molecule has 0 amide bonds. The second-order valence-electron chi connectivity index (χ2n) is 7.12. The van der Waals surface area contributed by atoms with Gasteiger partial charge in [0.1, 0.15) is 30.2 Å². The third kappa shape index (κ3) is 3.64. The summed E-state index contributed by atoms with van der Waals surface area (Å²) < 4.78 is 22.2. The number of thiophene rings is 1. The van der Waals surface area contributed by atoms with Gasteiger partial charge in [-0.3, -0.25) is 4.57 Å². The number of rotatable bonds is 5. The maximum Gasteiger partial charge on any atom is 0.356 e. The van der Waals surface area contributed by atoms with Crippen LogP contribution in [-0.4, -0.2) is 79.4 Å². The quantitative estimate of drug-likeness (QED) is 0.400. The predicted molar refractivity (Wildman–Crippen MR) is 103 cm³/mol. The zero-order valence-electron chi connectivity index (χ0n) is 15.5. The van der Waals surface area contributed by atoms with Crippen molar-refractivity contribution < 1.29 is 39.1 Å². The Hall–Kier alpha value is -1.37. The van der Waals surface area contributed by atoms with Crippen LogP contribution in [0.3, 0.4) is 0 Å². The molecule has 0 saturated carbocycles. The maximum absolute atomic E-state index is 11.7. The molecule has 2 aliphatic rings. The first kappa shape index (κ1) is 20.9. The van der Waals surface area contributed by atoms with E-state index in [0.717, 1.165) is 33.0 Å². The summed E-state index contributed by atoms with van der Waals surface area (Å²) in [6.45, 7) is 1.61. The van der Waals surface area contributed by atoms with Crippen LogP contribution in [0, 0.1) is 0 Å². The molecule has 0 aromatic carbocycles. The van der Waals surface area contributed by atoms with E-state index in [2.05, 4.69) is 9.97 Å². The molecular weight excluding hydrogens is 425 g/mol. The number of methoxy groups -OCH3 is 1. The van der Waals surface area contributed by atoms with Crippen LogP contribution in [0.5, 0.6) is 6.01 Å². The lowest BCUT2D eigenvalue weighted by Gasteiger charge is -2.24. The van der Waals surface area contributed by atoms with Crippen LogP contribution < -0.4 is 4.90 Å². The van der Waals surface area contributed by atoms with E-state index in [1.165, 1.54) is 11.3 Å². The second-order valence-corrected chi connectivity index (χ2v) is 9.72. The summed E-state index contributed by atoms with van der Waals surface area (Å²) in [4.78, 5) is 29.7. The molecule has 0 spiro atoms. The van der Waals surface area contributed by atoms with Gasteiger partial charge in [-0.05, 0) is 12.8 Å². The molecule has 13 heteroatoms. The molecule has 5 atom stereocenters. The Balaban J connectivity index is 1.72. The molecule has 2 aromatic heterocycles. The minimum Gasteiger partial charge on any atom is -0.479 e. The summed E-state index contributed by atoms with van der Waals surface area (Å²) in [5.41, 5.74) is 0.367. The summed E-state index contributed by atoms with van der Waals surface area (Å²) in [6.07, 6.45) is -3.54. The largest absolute Gasteiger partial charge is 0.479 e. The molecule has 4 rings (SSSR count). The van der Waals surface area contributed by atoms with Crippen LogP contribution in [0.25, 0.3) is 10.9 Å². The van der Waals surface area contributed by atoms with E-state index in [-0.39, 0.29) is 0 Å². The van der Waals surface area contributed by atoms with E-state index >= 15 is 0 Å². The zero-order valence-corrected chi connectivity index (χ0v) is 17.2. The van der Waals surface area contributed by atoms with Gasteiger partial charge in [-0.25, -0.2) is 0 Å². The van der Waals surface area contributed by atoms with Crippen LogP contribution in [0.15, 0.2) is 5.38 Å². The highest BCUT2D eigenvalue weighted by Gasteiger charge is 2.52. The number of aromatic nitrogens is 2. The topological polar surface area (TPSA) is 166 Å². The van der Waals surface area contributed by atoms with Crippen molar-refractivity contribution in [3.05, 3.63) is 10.3 Å². The van der Waals surface area contributed by atoms with E-state index in [9.17, 15) is 29.7 Å². The van der Waals surface area contributed by atoms with Crippen molar-refractivity contribution in [1.82, 2.24) is 9.97 Å². The van der Waals surface area contributed by atoms with Gasteiger partial charge in [0.25, 0.3) is 0 Å². The molecule has 2 aliphatic heterocycles. The minimum absolute atomic E-state index is 0.367. The standard InChI is InChI=1S/C16H22N3O8PS/c1-26-15(28(23,24)25)12-10(21)9(20)11(27-12)13-8-7(6-29-13)14(18-16(22)17-8)19-4-2-3-5-19/h6,9-12,15,20-21H,2-5H2,1H3,(H,17,22)(H2,23,24,25)/t9-,10+,11-,12-,15?/m1/s1. The fourth-order valence-electron chi connectivity index (χ4n) is 3.91. The molecule has 160 valence electrons. The van der Waals surface area contributed by atoms with Gasteiger partial charge < -0.3 is 39.5 Å². The number of fused-ring (bicyclic) bond motifs is 1. The smallest absolute Gasteiger partial charge is 0.356 e. The molecule has 0 aliphatic carbocycles. The number of hydrogen-bond acceptors (Lipinski definition) is 10. The molecule has 4 heterocycles. The van der Waals surface area contributed by atoms with Crippen molar-refractivity contribution in [2.45, 2.75) is 43.1 Å². The summed E-state index contributed by atoms with van der Waals surface area (Å²) in [5.74, 6) is -1.14. The highest BCUT2D eigenvalue weighted by Crippen LogP contribution is 2.50. The molecular formula is C16H22N3O8PS. The zero-order chi connectivity index (χ0) is 20.9. The normalized spacial score (nSPS) is 29.1. The van der Waals surface area contributed by atoms with Crippen molar-refractivity contribution in [2.24, 2.45) is 0 Å². The maximum atomic E-state index is 11.7. The fourth-order valence-corrected chi connectivity index (χ4v) is 5.87. The Morgan fingerprint density at radius 2 is 1.97 bits per heavy atom. The fraction of sp³-hybridized carbons (Fsp3) is 0.625. The Morgan fingerprint density at radius 1 is 1.28 bits per heavy atom. The molecule has 5 N–H and O–H groups in total. The van der Waals surface area contributed by atoms with Crippen LogP contribution in [0.2, 0.25) is 0 Å².